The topological polar surface area (TPSA) is 55.2 Å². The highest BCUT2D eigenvalue weighted by atomic mass is 32.2. The summed E-state index contributed by atoms with van der Waals surface area (Å²) in [7, 11) is -1.64. The number of nitrogens with zero attached hydrogens (tertiary/aromatic N) is 3. The van der Waals surface area contributed by atoms with Crippen LogP contribution in [0.25, 0.3) is 0 Å². The van der Waals surface area contributed by atoms with E-state index in [1.54, 1.807) is 27.3 Å². The van der Waals surface area contributed by atoms with Crippen molar-refractivity contribution in [2.75, 3.05) is 6.54 Å². The fourth-order valence-corrected chi connectivity index (χ4v) is 4.97. The number of hydrogen-bond donors (Lipinski definition) is 0. The van der Waals surface area contributed by atoms with E-state index in [2.05, 4.69) is 25.9 Å². The molecule has 0 bridgehead atoms. The molecule has 0 radical (unpaired) electrons. The molecule has 5 nitrogen and oxygen atoms in total. The highest BCUT2D eigenvalue weighted by Crippen LogP contribution is 2.36. The lowest BCUT2D eigenvalue weighted by Gasteiger charge is -2.25. The summed E-state index contributed by atoms with van der Waals surface area (Å²) in [6.07, 6.45) is 3.42. The lowest BCUT2D eigenvalue weighted by atomic mass is 9.87. The molecule has 0 aliphatic carbocycles. The van der Waals surface area contributed by atoms with Crippen LogP contribution in [-0.2, 0) is 22.5 Å². The summed E-state index contributed by atoms with van der Waals surface area (Å²) in [5.74, 6) is 0. The Labute approximate surface area is 144 Å². The average Bonchev–Trinajstić information content (AvgIpc) is 3.15. The van der Waals surface area contributed by atoms with Gasteiger partial charge in [-0.3, -0.25) is 4.68 Å². The van der Waals surface area contributed by atoms with Crippen LogP contribution in [0.5, 0.6) is 0 Å². The summed E-state index contributed by atoms with van der Waals surface area (Å²) in [5, 5.41) is 4.18. The zero-order valence-corrected chi connectivity index (χ0v) is 15.5. The van der Waals surface area contributed by atoms with Gasteiger partial charge in [-0.2, -0.15) is 9.40 Å². The molecule has 0 amide bonds. The Morgan fingerprint density at radius 2 is 1.79 bits per heavy atom. The van der Waals surface area contributed by atoms with Gasteiger partial charge in [0.1, 0.15) is 0 Å². The van der Waals surface area contributed by atoms with Crippen molar-refractivity contribution in [1.29, 1.82) is 0 Å². The minimum absolute atomic E-state index is 0.00712. The molecule has 1 fully saturated rings. The molecule has 0 saturated carbocycles. The van der Waals surface area contributed by atoms with Gasteiger partial charge in [-0.15, -0.1) is 0 Å². The molecule has 0 spiro atoms. The largest absolute Gasteiger partial charge is 0.271 e. The van der Waals surface area contributed by atoms with E-state index >= 15 is 0 Å². The van der Waals surface area contributed by atoms with Gasteiger partial charge in [0.15, 0.2) is 0 Å². The van der Waals surface area contributed by atoms with Gasteiger partial charge < -0.3 is 0 Å². The number of rotatable bonds is 3. The zero-order valence-electron chi connectivity index (χ0n) is 14.7. The third-order valence-corrected chi connectivity index (χ3v) is 6.65. The van der Waals surface area contributed by atoms with E-state index < -0.39 is 10.0 Å². The van der Waals surface area contributed by atoms with E-state index in [0.29, 0.717) is 11.4 Å². The number of aryl methyl sites for hydroxylation is 1. The van der Waals surface area contributed by atoms with Crippen LogP contribution in [-0.4, -0.2) is 29.0 Å². The molecule has 1 aromatic carbocycles. The molecule has 2 aromatic rings. The van der Waals surface area contributed by atoms with Crippen LogP contribution in [0.2, 0.25) is 0 Å². The fraction of sp³-hybridized carbons (Fsp3) is 0.500. The molecule has 1 aliphatic heterocycles. The predicted octanol–water partition coefficient (Wildman–Crippen LogP) is 3.24. The van der Waals surface area contributed by atoms with Gasteiger partial charge in [0.2, 0.25) is 10.0 Å². The molecule has 1 unspecified atom stereocenters. The smallest absolute Gasteiger partial charge is 0.243 e. The van der Waals surface area contributed by atoms with E-state index in [-0.39, 0.29) is 11.5 Å². The van der Waals surface area contributed by atoms with Crippen molar-refractivity contribution < 1.29 is 8.42 Å². The Kier molecular flexibility index (Phi) is 4.30. The summed E-state index contributed by atoms with van der Waals surface area (Å²) >= 11 is 0. The molecule has 1 aliphatic rings. The van der Waals surface area contributed by atoms with E-state index in [1.165, 1.54) is 0 Å². The zero-order chi connectivity index (χ0) is 17.5. The second-order valence-electron chi connectivity index (χ2n) is 7.43. The molecule has 1 saturated heterocycles. The number of aromatic nitrogens is 2. The normalized spacial score (nSPS) is 19.8. The maximum atomic E-state index is 13.1. The summed E-state index contributed by atoms with van der Waals surface area (Å²) in [6, 6.07) is 9.07. The van der Waals surface area contributed by atoms with Gasteiger partial charge in [0.25, 0.3) is 0 Å². The molecular formula is C18H25N3O2S. The van der Waals surface area contributed by atoms with E-state index in [1.807, 2.05) is 25.2 Å². The van der Waals surface area contributed by atoms with Crippen LogP contribution in [0, 0.1) is 0 Å². The van der Waals surface area contributed by atoms with Crippen LogP contribution in [0.1, 0.15) is 50.9 Å². The summed E-state index contributed by atoms with van der Waals surface area (Å²) in [6.45, 7) is 6.92. The molecule has 1 aromatic heterocycles. The SMILES string of the molecule is Cn1nccc1C1CCCN1S(=O)(=O)c1ccc(C(C)(C)C)cc1. The Morgan fingerprint density at radius 1 is 1.12 bits per heavy atom. The summed E-state index contributed by atoms with van der Waals surface area (Å²) in [4.78, 5) is 0.365. The highest BCUT2D eigenvalue weighted by molar-refractivity contribution is 7.89. The van der Waals surface area contributed by atoms with Gasteiger partial charge >= 0.3 is 0 Å². The predicted molar refractivity (Wildman–Crippen MR) is 94.2 cm³/mol. The average molecular weight is 347 g/mol. The highest BCUT2D eigenvalue weighted by Gasteiger charge is 2.37. The third kappa shape index (κ3) is 3.00. The molecule has 0 N–H and O–H groups in total. The van der Waals surface area contributed by atoms with E-state index in [4.69, 9.17) is 0 Å². The van der Waals surface area contributed by atoms with Crippen LogP contribution < -0.4 is 0 Å². The quantitative estimate of drug-likeness (QED) is 0.856. The van der Waals surface area contributed by atoms with Crippen molar-refractivity contribution >= 4 is 10.0 Å². The lowest BCUT2D eigenvalue weighted by molar-refractivity contribution is 0.380. The standard InChI is InChI=1S/C18H25N3O2S/c1-18(2,3)14-7-9-15(10-8-14)24(22,23)21-13-5-6-17(21)16-11-12-19-20(16)4/h7-12,17H,5-6,13H2,1-4H3. The van der Waals surface area contributed by atoms with Crippen molar-refractivity contribution in [3.05, 3.63) is 47.8 Å². The van der Waals surface area contributed by atoms with Crippen LogP contribution >= 0.6 is 0 Å². The van der Waals surface area contributed by atoms with Gasteiger partial charge in [-0.05, 0) is 42.0 Å². The first-order valence-electron chi connectivity index (χ1n) is 8.31. The summed E-state index contributed by atoms with van der Waals surface area (Å²) in [5.41, 5.74) is 2.08. The van der Waals surface area contributed by atoms with Crippen LogP contribution in [0.4, 0.5) is 0 Å². The number of sulfonamides is 1. The second-order valence-corrected chi connectivity index (χ2v) is 9.32. The van der Waals surface area contributed by atoms with Gasteiger partial charge in [0, 0.05) is 19.8 Å². The number of benzene rings is 1. The fourth-order valence-electron chi connectivity index (χ4n) is 3.30. The minimum Gasteiger partial charge on any atom is -0.271 e. The first kappa shape index (κ1) is 17.2. The second kappa shape index (κ2) is 6.01. The van der Waals surface area contributed by atoms with E-state index in [9.17, 15) is 8.42 Å². The molecule has 130 valence electrons. The van der Waals surface area contributed by atoms with E-state index in [0.717, 1.165) is 24.1 Å². The Morgan fingerprint density at radius 3 is 2.33 bits per heavy atom. The number of hydrogen-bond acceptors (Lipinski definition) is 3. The van der Waals surface area contributed by atoms with Gasteiger partial charge in [-0.25, -0.2) is 8.42 Å². The van der Waals surface area contributed by atoms with Crippen molar-refractivity contribution in [3.63, 3.8) is 0 Å². The Balaban J connectivity index is 1.94. The molecule has 1 atom stereocenters. The monoisotopic (exact) mass is 347 g/mol. The molecule has 2 heterocycles. The van der Waals surface area contributed by atoms with Crippen LogP contribution in [0.3, 0.4) is 0 Å². The van der Waals surface area contributed by atoms with Crippen molar-refractivity contribution in [1.82, 2.24) is 14.1 Å². The minimum atomic E-state index is -3.50. The first-order valence-corrected chi connectivity index (χ1v) is 9.75. The Hall–Kier alpha value is -1.66. The van der Waals surface area contributed by atoms with Crippen molar-refractivity contribution in [3.8, 4) is 0 Å². The Bertz CT molecular complexity index is 817. The summed E-state index contributed by atoms with van der Waals surface area (Å²) < 4.78 is 29.6. The van der Waals surface area contributed by atoms with Crippen molar-refractivity contribution in [2.24, 2.45) is 7.05 Å². The van der Waals surface area contributed by atoms with Crippen LogP contribution in [0.15, 0.2) is 41.4 Å². The third-order valence-electron chi connectivity index (χ3n) is 4.73. The van der Waals surface area contributed by atoms with Gasteiger partial charge in [-0.1, -0.05) is 32.9 Å². The molecule has 6 heteroatoms. The maximum Gasteiger partial charge on any atom is 0.243 e. The maximum absolute atomic E-state index is 13.1. The van der Waals surface area contributed by atoms with Gasteiger partial charge in [0.05, 0.1) is 16.6 Å². The van der Waals surface area contributed by atoms with Crippen molar-refractivity contribution in [2.45, 2.75) is 50.0 Å². The molecule has 3 rings (SSSR count). The first-order chi connectivity index (χ1) is 11.2. The lowest BCUT2D eigenvalue weighted by Crippen LogP contribution is -2.31. The molecular weight excluding hydrogens is 322 g/mol. The molecule has 24 heavy (non-hydrogen) atoms.